The normalized spacial score (nSPS) is 17.1. The highest BCUT2D eigenvalue weighted by atomic mass is 35.5. The van der Waals surface area contributed by atoms with Crippen molar-refractivity contribution < 1.29 is 19.1 Å². The number of esters is 2. The number of alkyl halides is 1. The van der Waals surface area contributed by atoms with Crippen LogP contribution < -0.4 is 0 Å². The molecule has 1 aromatic rings. The lowest BCUT2D eigenvalue weighted by Gasteiger charge is -2.08. The van der Waals surface area contributed by atoms with E-state index in [9.17, 15) is 9.59 Å². The van der Waals surface area contributed by atoms with Gasteiger partial charge >= 0.3 is 11.9 Å². The van der Waals surface area contributed by atoms with Gasteiger partial charge in [-0.2, -0.15) is 0 Å². The second kappa shape index (κ2) is 7.86. The quantitative estimate of drug-likeness (QED) is 0.569. The third kappa shape index (κ3) is 4.38. The average Bonchev–Trinajstić information content (AvgIpc) is 2.87. The number of carbonyl (C=O) groups is 2. The maximum atomic E-state index is 11.9. The van der Waals surface area contributed by atoms with E-state index < -0.39 is 12.1 Å². The summed E-state index contributed by atoms with van der Waals surface area (Å²) in [5.74, 6) is -0.456. The van der Waals surface area contributed by atoms with Gasteiger partial charge in [-0.25, -0.2) is 4.79 Å². The molecule has 22 heavy (non-hydrogen) atoms. The van der Waals surface area contributed by atoms with E-state index in [1.807, 2.05) is 0 Å². The van der Waals surface area contributed by atoms with Crippen molar-refractivity contribution in [1.29, 1.82) is 0 Å². The second-order valence-electron chi connectivity index (χ2n) is 4.63. The number of ether oxygens (including phenoxy) is 2. The minimum atomic E-state index is -0.600. The standard InChI is InChI=1S/C15H13Cl3O4/c16-5-1-2-14(19)21-8-10-7-11(15(20)22-10)9-3-4-12(17)13(18)6-9/h3-4,6-7,10H,1-2,5,8H2. The van der Waals surface area contributed by atoms with Crippen molar-refractivity contribution in [1.82, 2.24) is 0 Å². The Morgan fingerprint density at radius 3 is 2.73 bits per heavy atom. The third-order valence-corrected chi connectivity index (χ3v) is 3.99. The van der Waals surface area contributed by atoms with Gasteiger partial charge in [0.2, 0.25) is 0 Å². The van der Waals surface area contributed by atoms with Gasteiger partial charge in [0, 0.05) is 12.3 Å². The predicted octanol–water partition coefficient (Wildman–Crippen LogP) is 3.86. The summed E-state index contributed by atoms with van der Waals surface area (Å²) in [5, 5.41) is 0.756. The average molecular weight is 364 g/mol. The van der Waals surface area contributed by atoms with Gasteiger partial charge < -0.3 is 9.47 Å². The van der Waals surface area contributed by atoms with Crippen LogP contribution >= 0.6 is 34.8 Å². The van der Waals surface area contributed by atoms with Gasteiger partial charge in [0.1, 0.15) is 6.61 Å². The highest BCUT2D eigenvalue weighted by Gasteiger charge is 2.27. The van der Waals surface area contributed by atoms with Gasteiger partial charge in [-0.1, -0.05) is 29.3 Å². The number of cyclic esters (lactones) is 1. The number of hydrogen-bond acceptors (Lipinski definition) is 4. The summed E-state index contributed by atoms with van der Waals surface area (Å²) >= 11 is 17.3. The van der Waals surface area contributed by atoms with Crippen molar-refractivity contribution in [2.75, 3.05) is 12.5 Å². The zero-order valence-corrected chi connectivity index (χ0v) is 13.7. The molecule has 0 aliphatic carbocycles. The minimum absolute atomic E-state index is 0.0162. The predicted molar refractivity (Wildman–Crippen MR) is 85.2 cm³/mol. The van der Waals surface area contributed by atoms with Crippen LogP contribution in [0.4, 0.5) is 0 Å². The van der Waals surface area contributed by atoms with E-state index in [1.165, 1.54) is 0 Å². The molecule has 0 amide bonds. The Balaban J connectivity index is 1.99. The molecule has 0 fully saturated rings. The Kier molecular flexibility index (Phi) is 6.12. The SMILES string of the molecule is O=C(CCCCl)OCC1C=C(c2ccc(Cl)c(Cl)c2)C(=O)O1. The van der Waals surface area contributed by atoms with Gasteiger partial charge in [-0.3, -0.25) is 4.79 Å². The molecular weight excluding hydrogens is 351 g/mol. The van der Waals surface area contributed by atoms with Gasteiger partial charge in [-0.15, -0.1) is 11.6 Å². The van der Waals surface area contributed by atoms with E-state index in [2.05, 4.69) is 0 Å². The Bertz CT molecular complexity index is 613. The molecule has 1 aliphatic rings. The van der Waals surface area contributed by atoms with Crippen LogP contribution in [0.25, 0.3) is 5.57 Å². The van der Waals surface area contributed by atoms with Crippen LogP contribution in [0.5, 0.6) is 0 Å². The fourth-order valence-corrected chi connectivity index (χ4v) is 2.34. The van der Waals surface area contributed by atoms with Crippen LogP contribution in [-0.4, -0.2) is 30.5 Å². The highest BCUT2D eigenvalue weighted by molar-refractivity contribution is 6.42. The molecule has 2 rings (SSSR count). The van der Waals surface area contributed by atoms with Crippen molar-refractivity contribution in [2.24, 2.45) is 0 Å². The maximum absolute atomic E-state index is 11.9. The summed E-state index contributed by atoms with van der Waals surface area (Å²) < 4.78 is 10.2. The zero-order valence-electron chi connectivity index (χ0n) is 11.5. The summed E-state index contributed by atoms with van der Waals surface area (Å²) in [4.78, 5) is 23.3. The molecule has 0 N–H and O–H groups in total. The monoisotopic (exact) mass is 362 g/mol. The van der Waals surface area contributed by atoms with Crippen molar-refractivity contribution >= 4 is 52.3 Å². The molecule has 0 bridgehead atoms. The lowest BCUT2D eigenvalue weighted by Crippen LogP contribution is -2.18. The summed E-state index contributed by atoms with van der Waals surface area (Å²) in [6, 6.07) is 4.87. The van der Waals surface area contributed by atoms with Gasteiger partial charge in [0.15, 0.2) is 6.10 Å². The first-order valence-corrected chi connectivity index (χ1v) is 7.90. The molecule has 1 unspecified atom stereocenters. The summed E-state index contributed by atoms with van der Waals surface area (Å²) in [6.07, 6.45) is 1.80. The second-order valence-corrected chi connectivity index (χ2v) is 5.82. The molecule has 0 aromatic heterocycles. The zero-order chi connectivity index (χ0) is 16.1. The first-order valence-electron chi connectivity index (χ1n) is 6.61. The van der Waals surface area contributed by atoms with Gasteiger partial charge in [-0.05, 0) is 30.2 Å². The number of rotatable bonds is 6. The molecular formula is C15H13Cl3O4. The Labute approximate surface area is 142 Å². The van der Waals surface area contributed by atoms with E-state index in [4.69, 9.17) is 44.3 Å². The maximum Gasteiger partial charge on any atom is 0.339 e. The van der Waals surface area contributed by atoms with Crippen molar-refractivity contribution in [2.45, 2.75) is 18.9 Å². The van der Waals surface area contributed by atoms with Crippen LogP contribution in [0, 0.1) is 0 Å². The van der Waals surface area contributed by atoms with Gasteiger partial charge in [0.25, 0.3) is 0 Å². The molecule has 0 spiro atoms. The Morgan fingerprint density at radius 2 is 2.05 bits per heavy atom. The largest absolute Gasteiger partial charge is 0.461 e. The van der Waals surface area contributed by atoms with Crippen LogP contribution in [0.2, 0.25) is 10.0 Å². The summed E-state index contributed by atoms with van der Waals surface area (Å²) in [7, 11) is 0. The lowest BCUT2D eigenvalue weighted by molar-refractivity contribution is -0.151. The van der Waals surface area contributed by atoms with Crippen molar-refractivity contribution in [3.63, 3.8) is 0 Å². The van der Waals surface area contributed by atoms with Gasteiger partial charge in [0.05, 0.1) is 15.6 Å². The van der Waals surface area contributed by atoms with E-state index in [1.54, 1.807) is 24.3 Å². The molecule has 0 saturated heterocycles. The fourth-order valence-electron chi connectivity index (χ4n) is 1.91. The molecule has 7 heteroatoms. The summed E-state index contributed by atoms with van der Waals surface area (Å²) in [6.45, 7) is -0.0162. The summed E-state index contributed by atoms with van der Waals surface area (Å²) in [5.41, 5.74) is 0.982. The number of hydrogen-bond donors (Lipinski definition) is 0. The molecule has 118 valence electrons. The van der Waals surface area contributed by atoms with Crippen molar-refractivity contribution in [3.05, 3.63) is 39.9 Å². The number of benzene rings is 1. The van der Waals surface area contributed by atoms with Crippen LogP contribution in [0.3, 0.4) is 0 Å². The Morgan fingerprint density at radius 1 is 1.27 bits per heavy atom. The smallest absolute Gasteiger partial charge is 0.339 e. The molecule has 0 radical (unpaired) electrons. The molecule has 1 atom stereocenters. The van der Waals surface area contributed by atoms with Crippen molar-refractivity contribution in [3.8, 4) is 0 Å². The third-order valence-electron chi connectivity index (χ3n) is 2.98. The molecule has 4 nitrogen and oxygen atoms in total. The van der Waals surface area contributed by atoms with Crippen LogP contribution in [-0.2, 0) is 19.1 Å². The number of carbonyl (C=O) groups excluding carboxylic acids is 2. The van der Waals surface area contributed by atoms with E-state index in [-0.39, 0.29) is 19.0 Å². The van der Waals surface area contributed by atoms with E-state index in [0.29, 0.717) is 33.5 Å². The first kappa shape index (κ1) is 17.1. The molecule has 0 saturated carbocycles. The molecule has 1 aromatic carbocycles. The van der Waals surface area contributed by atoms with E-state index in [0.717, 1.165) is 0 Å². The minimum Gasteiger partial charge on any atom is -0.461 e. The lowest BCUT2D eigenvalue weighted by atomic mass is 10.1. The van der Waals surface area contributed by atoms with Crippen LogP contribution in [0.1, 0.15) is 18.4 Å². The highest BCUT2D eigenvalue weighted by Crippen LogP contribution is 2.29. The molecule has 1 aliphatic heterocycles. The molecule has 1 heterocycles. The first-order chi connectivity index (χ1) is 10.5. The fraction of sp³-hybridized carbons (Fsp3) is 0.333. The number of halogens is 3. The Hall–Kier alpha value is -1.23. The van der Waals surface area contributed by atoms with Crippen LogP contribution in [0.15, 0.2) is 24.3 Å². The topological polar surface area (TPSA) is 52.6 Å². The van der Waals surface area contributed by atoms with E-state index >= 15 is 0 Å².